The Morgan fingerprint density at radius 2 is 1.90 bits per heavy atom. The predicted molar refractivity (Wildman–Crippen MR) is 83.7 cm³/mol. The van der Waals surface area contributed by atoms with Crippen molar-refractivity contribution in [2.45, 2.75) is 26.7 Å². The molecule has 1 aromatic heterocycles. The number of halogens is 1. The minimum absolute atomic E-state index is 0.0742. The van der Waals surface area contributed by atoms with Gasteiger partial charge in [0, 0.05) is 19.3 Å². The summed E-state index contributed by atoms with van der Waals surface area (Å²) in [6.07, 6.45) is 3.22. The van der Waals surface area contributed by atoms with E-state index in [2.05, 4.69) is 20.9 Å². The van der Waals surface area contributed by atoms with Crippen LogP contribution >= 0.6 is 11.6 Å². The first-order valence-corrected chi connectivity index (χ1v) is 7.40. The zero-order chi connectivity index (χ0) is 15.7. The minimum atomic E-state index is -0.395. The van der Waals surface area contributed by atoms with E-state index in [-0.39, 0.29) is 17.5 Å². The molecular weight excluding hydrogens is 292 g/mol. The van der Waals surface area contributed by atoms with Crippen LogP contribution in [0.25, 0.3) is 0 Å². The summed E-state index contributed by atoms with van der Waals surface area (Å²) in [7, 11) is 0. The maximum Gasteiger partial charge on any atom is 0.253 e. The number of carbonyl (C=O) groups is 2. The van der Waals surface area contributed by atoms with Crippen LogP contribution in [0.15, 0.2) is 12.3 Å². The van der Waals surface area contributed by atoms with Crippen LogP contribution in [0.1, 0.15) is 37.0 Å². The van der Waals surface area contributed by atoms with Gasteiger partial charge in [0.1, 0.15) is 5.82 Å². The summed E-state index contributed by atoms with van der Waals surface area (Å²) >= 11 is 5.97. The summed E-state index contributed by atoms with van der Waals surface area (Å²) in [5, 5.41) is 8.56. The molecular formula is C14H21ClN4O2. The van der Waals surface area contributed by atoms with Gasteiger partial charge in [-0.25, -0.2) is 4.98 Å². The highest BCUT2D eigenvalue weighted by atomic mass is 35.5. The van der Waals surface area contributed by atoms with Gasteiger partial charge < -0.3 is 16.0 Å². The molecule has 0 atom stereocenters. The number of carbonyl (C=O) groups excluding carboxylic acids is 2. The lowest BCUT2D eigenvalue weighted by Crippen LogP contribution is -2.37. The Balaban J connectivity index is 2.62. The number of aromatic nitrogens is 1. The molecule has 0 saturated carbocycles. The molecule has 0 saturated heterocycles. The fourth-order valence-corrected chi connectivity index (χ4v) is 1.73. The number of amides is 2. The third kappa shape index (κ3) is 5.99. The van der Waals surface area contributed by atoms with Crippen LogP contribution in [0.2, 0.25) is 5.02 Å². The largest absolute Gasteiger partial charge is 0.370 e. The van der Waals surface area contributed by atoms with E-state index >= 15 is 0 Å². The monoisotopic (exact) mass is 312 g/mol. The number of nitrogens with zero attached hydrogens (tertiary/aromatic N) is 1. The molecule has 0 radical (unpaired) electrons. The van der Waals surface area contributed by atoms with E-state index in [0.29, 0.717) is 17.9 Å². The van der Waals surface area contributed by atoms with E-state index in [1.54, 1.807) is 6.07 Å². The van der Waals surface area contributed by atoms with Crippen LogP contribution in [0.4, 0.5) is 5.82 Å². The Labute approximate surface area is 129 Å². The lowest BCUT2D eigenvalue weighted by molar-refractivity contribution is -0.120. The molecule has 21 heavy (non-hydrogen) atoms. The summed E-state index contributed by atoms with van der Waals surface area (Å²) in [4.78, 5) is 27.6. The average Bonchev–Trinajstić information content (AvgIpc) is 2.49. The second-order valence-electron chi connectivity index (χ2n) is 4.51. The second-order valence-corrected chi connectivity index (χ2v) is 4.92. The van der Waals surface area contributed by atoms with Crippen molar-refractivity contribution in [2.24, 2.45) is 0 Å². The first-order chi connectivity index (χ1) is 10.1. The summed E-state index contributed by atoms with van der Waals surface area (Å²) in [5.41, 5.74) is 0.300. The average molecular weight is 313 g/mol. The van der Waals surface area contributed by atoms with Crippen molar-refractivity contribution in [3.8, 4) is 0 Å². The van der Waals surface area contributed by atoms with E-state index < -0.39 is 5.91 Å². The van der Waals surface area contributed by atoms with Crippen LogP contribution in [0.5, 0.6) is 0 Å². The van der Waals surface area contributed by atoms with E-state index in [4.69, 9.17) is 11.6 Å². The Kier molecular flexibility index (Phi) is 7.53. The van der Waals surface area contributed by atoms with Gasteiger partial charge in [-0.3, -0.25) is 9.59 Å². The Hall–Kier alpha value is -1.82. The molecule has 3 N–H and O–H groups in total. The summed E-state index contributed by atoms with van der Waals surface area (Å²) in [6.45, 7) is 5.27. The highest BCUT2D eigenvalue weighted by Crippen LogP contribution is 2.17. The zero-order valence-corrected chi connectivity index (χ0v) is 13.1. The molecule has 1 heterocycles. The predicted octanol–water partition coefficient (Wildman–Crippen LogP) is 1.81. The standard InChI is InChI=1S/C14H21ClN4O2/c1-3-5-16-12-7-10(11(15)8-18-12)14(21)19-9-13(20)17-6-4-2/h7-8H,3-6,9H2,1-2H3,(H,16,18)(H,17,20)(H,19,21). The van der Waals surface area contributed by atoms with Gasteiger partial charge >= 0.3 is 0 Å². The van der Waals surface area contributed by atoms with Gasteiger partial charge in [0.25, 0.3) is 5.91 Å². The fraction of sp³-hybridized carbons (Fsp3) is 0.500. The second kappa shape index (κ2) is 9.18. The van der Waals surface area contributed by atoms with Gasteiger partial charge in [-0.15, -0.1) is 0 Å². The number of hydrogen-bond donors (Lipinski definition) is 3. The quantitative estimate of drug-likeness (QED) is 0.683. The zero-order valence-electron chi connectivity index (χ0n) is 12.3. The van der Waals surface area contributed by atoms with Crippen LogP contribution in [0.3, 0.4) is 0 Å². The van der Waals surface area contributed by atoms with E-state index in [0.717, 1.165) is 19.4 Å². The van der Waals surface area contributed by atoms with Crippen molar-refractivity contribution in [1.29, 1.82) is 0 Å². The lowest BCUT2D eigenvalue weighted by atomic mass is 10.2. The van der Waals surface area contributed by atoms with Gasteiger partial charge in [-0.2, -0.15) is 0 Å². The normalized spacial score (nSPS) is 10.0. The van der Waals surface area contributed by atoms with Gasteiger partial charge in [0.2, 0.25) is 5.91 Å². The van der Waals surface area contributed by atoms with Crippen molar-refractivity contribution in [3.05, 3.63) is 22.8 Å². The molecule has 0 aromatic carbocycles. The molecule has 6 nitrogen and oxygen atoms in total. The Bertz CT molecular complexity index is 494. The maximum absolute atomic E-state index is 12.0. The first kappa shape index (κ1) is 17.2. The van der Waals surface area contributed by atoms with Gasteiger partial charge in [-0.05, 0) is 18.9 Å². The minimum Gasteiger partial charge on any atom is -0.370 e. The van der Waals surface area contributed by atoms with Crippen LogP contribution in [-0.4, -0.2) is 36.4 Å². The van der Waals surface area contributed by atoms with Gasteiger partial charge in [0.05, 0.1) is 17.1 Å². The number of rotatable bonds is 8. The molecule has 1 rings (SSSR count). The maximum atomic E-state index is 12.0. The number of hydrogen-bond acceptors (Lipinski definition) is 4. The molecule has 0 aliphatic heterocycles. The molecule has 116 valence electrons. The van der Waals surface area contributed by atoms with E-state index in [1.165, 1.54) is 6.20 Å². The lowest BCUT2D eigenvalue weighted by Gasteiger charge is -2.09. The number of anilines is 1. The van der Waals surface area contributed by atoms with E-state index in [1.807, 2.05) is 13.8 Å². The van der Waals surface area contributed by atoms with Crippen molar-refractivity contribution in [1.82, 2.24) is 15.6 Å². The molecule has 0 aliphatic carbocycles. The molecule has 0 fully saturated rings. The first-order valence-electron chi connectivity index (χ1n) is 7.02. The number of pyridine rings is 1. The van der Waals surface area contributed by atoms with Gasteiger partial charge in [-0.1, -0.05) is 25.4 Å². The van der Waals surface area contributed by atoms with Gasteiger partial charge in [0.15, 0.2) is 0 Å². The highest BCUT2D eigenvalue weighted by molar-refractivity contribution is 6.33. The van der Waals surface area contributed by atoms with Crippen LogP contribution in [0, 0.1) is 0 Å². The van der Waals surface area contributed by atoms with Crippen molar-refractivity contribution < 1.29 is 9.59 Å². The highest BCUT2D eigenvalue weighted by Gasteiger charge is 2.13. The van der Waals surface area contributed by atoms with Crippen molar-refractivity contribution in [3.63, 3.8) is 0 Å². The Morgan fingerprint density at radius 1 is 1.19 bits per heavy atom. The smallest absolute Gasteiger partial charge is 0.253 e. The third-order valence-corrected chi connectivity index (χ3v) is 2.94. The molecule has 0 spiro atoms. The Morgan fingerprint density at radius 3 is 2.57 bits per heavy atom. The molecule has 1 aromatic rings. The SMILES string of the molecule is CCCNC(=O)CNC(=O)c1cc(NCCC)ncc1Cl. The molecule has 7 heteroatoms. The molecule has 0 aliphatic rings. The molecule has 2 amide bonds. The topological polar surface area (TPSA) is 83.1 Å². The summed E-state index contributed by atoms with van der Waals surface area (Å²) < 4.78 is 0. The number of nitrogens with one attached hydrogen (secondary N) is 3. The summed E-state index contributed by atoms with van der Waals surface area (Å²) in [6, 6.07) is 1.58. The van der Waals surface area contributed by atoms with Crippen molar-refractivity contribution >= 4 is 29.2 Å². The third-order valence-electron chi connectivity index (χ3n) is 2.64. The van der Waals surface area contributed by atoms with E-state index in [9.17, 15) is 9.59 Å². The fourth-order valence-electron chi connectivity index (χ4n) is 1.55. The van der Waals surface area contributed by atoms with Crippen LogP contribution in [-0.2, 0) is 4.79 Å². The molecule has 0 unspecified atom stereocenters. The summed E-state index contributed by atoms with van der Waals surface area (Å²) in [5.74, 6) is -0.0323. The molecule has 0 bridgehead atoms. The van der Waals surface area contributed by atoms with Crippen LogP contribution < -0.4 is 16.0 Å². The van der Waals surface area contributed by atoms with Crippen molar-refractivity contribution in [2.75, 3.05) is 25.0 Å².